The number of aromatic nitrogens is 1. The van der Waals surface area contributed by atoms with Crippen LogP contribution in [0.25, 0.3) is 38.6 Å². The number of nitrogens with zero attached hydrogens (tertiary/aromatic N) is 1. The molecule has 1 aromatic heterocycles. The van der Waals surface area contributed by atoms with E-state index < -0.39 is 0 Å². The van der Waals surface area contributed by atoms with Gasteiger partial charge >= 0.3 is 0 Å². The van der Waals surface area contributed by atoms with E-state index >= 15 is 0 Å². The molecule has 1 heterocycles. The molecule has 0 spiro atoms. The van der Waals surface area contributed by atoms with Crippen LogP contribution in [-0.2, 0) is 10.8 Å². The fourth-order valence-electron chi connectivity index (χ4n) is 13.4. The van der Waals surface area contributed by atoms with Gasteiger partial charge in [0.1, 0.15) is 0 Å². The zero-order valence-corrected chi connectivity index (χ0v) is 27.6. The van der Waals surface area contributed by atoms with E-state index in [2.05, 4.69) is 89.5 Å². The van der Waals surface area contributed by atoms with Crippen LogP contribution in [0.3, 0.4) is 0 Å². The van der Waals surface area contributed by atoms with E-state index in [1.807, 2.05) is 0 Å². The van der Waals surface area contributed by atoms with E-state index in [-0.39, 0.29) is 0 Å². The third-order valence-electron chi connectivity index (χ3n) is 14.3. The van der Waals surface area contributed by atoms with Gasteiger partial charge in [-0.05, 0) is 188 Å². The van der Waals surface area contributed by atoms with E-state index in [9.17, 15) is 0 Å². The summed E-state index contributed by atoms with van der Waals surface area (Å²) in [6.45, 7) is 0. The summed E-state index contributed by atoms with van der Waals surface area (Å²) in [7, 11) is 0. The molecule has 8 bridgehead atoms. The summed E-state index contributed by atoms with van der Waals surface area (Å²) in [4.78, 5) is 0. The van der Waals surface area contributed by atoms with Crippen molar-refractivity contribution < 1.29 is 0 Å². The Kier molecular flexibility index (Phi) is 5.59. The predicted octanol–water partition coefficient (Wildman–Crippen LogP) is 12.0. The molecule has 8 aliphatic rings. The molecule has 0 unspecified atom stereocenters. The second-order valence-corrected chi connectivity index (χ2v) is 17.7. The SMILES string of the molecule is Clc1cc(-c2ccccc2)cc(-n2c3ccc(C45CC6CC(CC(C6)C4)C5)cc3c3cc(C45CC6CC(CC(C6)C4)C5)ccc32)c1. The topological polar surface area (TPSA) is 4.93 Å². The maximum Gasteiger partial charge on any atom is 0.0541 e. The number of rotatable bonds is 4. The largest absolute Gasteiger partial charge is 0.309 e. The van der Waals surface area contributed by atoms with E-state index in [0.29, 0.717) is 10.8 Å². The lowest BCUT2D eigenvalue weighted by atomic mass is 9.48. The minimum atomic E-state index is 0.394. The minimum absolute atomic E-state index is 0.394. The van der Waals surface area contributed by atoms with Crippen LogP contribution in [0.15, 0.2) is 84.9 Å². The smallest absolute Gasteiger partial charge is 0.0541 e. The van der Waals surface area contributed by atoms with E-state index in [4.69, 9.17) is 11.6 Å². The second kappa shape index (κ2) is 9.53. The summed E-state index contributed by atoms with van der Waals surface area (Å²) < 4.78 is 2.52. The highest BCUT2D eigenvalue weighted by atomic mass is 35.5. The first kappa shape index (κ1) is 27.0. The molecule has 13 rings (SSSR count). The van der Waals surface area contributed by atoms with Crippen LogP contribution in [0.4, 0.5) is 0 Å². The molecule has 8 saturated carbocycles. The van der Waals surface area contributed by atoms with Gasteiger partial charge in [0, 0.05) is 21.5 Å². The van der Waals surface area contributed by atoms with Crippen molar-refractivity contribution in [2.75, 3.05) is 0 Å². The van der Waals surface area contributed by atoms with Crippen molar-refractivity contribution in [2.24, 2.45) is 35.5 Å². The van der Waals surface area contributed by atoms with Crippen LogP contribution in [0, 0.1) is 35.5 Å². The molecule has 8 fully saturated rings. The average molecular weight is 622 g/mol. The van der Waals surface area contributed by atoms with Gasteiger partial charge in [-0.15, -0.1) is 0 Å². The molecule has 2 heteroatoms. The molecule has 0 radical (unpaired) electrons. The average Bonchev–Trinajstić information content (AvgIpc) is 3.37. The fraction of sp³-hybridized carbons (Fsp3) is 0.455. The van der Waals surface area contributed by atoms with Gasteiger partial charge in [-0.1, -0.05) is 54.1 Å². The Morgan fingerprint density at radius 2 is 0.935 bits per heavy atom. The lowest BCUT2D eigenvalue weighted by Crippen LogP contribution is -2.48. The number of hydrogen-bond acceptors (Lipinski definition) is 0. The van der Waals surface area contributed by atoms with Gasteiger partial charge in [0.15, 0.2) is 0 Å². The van der Waals surface area contributed by atoms with Gasteiger partial charge < -0.3 is 4.57 Å². The van der Waals surface area contributed by atoms with Crippen LogP contribution >= 0.6 is 11.6 Å². The maximum absolute atomic E-state index is 6.91. The van der Waals surface area contributed by atoms with Crippen molar-refractivity contribution in [3.8, 4) is 16.8 Å². The Balaban J connectivity index is 1.13. The van der Waals surface area contributed by atoms with Gasteiger partial charge in [0.05, 0.1) is 11.0 Å². The van der Waals surface area contributed by atoms with Crippen molar-refractivity contribution in [1.82, 2.24) is 4.57 Å². The van der Waals surface area contributed by atoms with Crippen molar-refractivity contribution in [3.05, 3.63) is 101 Å². The van der Waals surface area contributed by atoms with Crippen molar-refractivity contribution in [1.29, 1.82) is 0 Å². The second-order valence-electron chi connectivity index (χ2n) is 17.3. The summed E-state index contributed by atoms with van der Waals surface area (Å²) in [5, 5.41) is 3.70. The Bertz CT molecular complexity index is 1860. The predicted molar refractivity (Wildman–Crippen MR) is 191 cm³/mol. The first-order chi connectivity index (χ1) is 22.5. The molecule has 8 aliphatic carbocycles. The number of hydrogen-bond donors (Lipinski definition) is 0. The van der Waals surface area contributed by atoms with Crippen LogP contribution in [0.5, 0.6) is 0 Å². The molecule has 5 aromatic rings. The molecular weight excluding hydrogens is 578 g/mol. The van der Waals surface area contributed by atoms with Gasteiger partial charge in [-0.25, -0.2) is 0 Å². The number of halogens is 1. The normalized spacial score (nSPS) is 35.5. The Labute approximate surface area is 278 Å². The van der Waals surface area contributed by atoms with Crippen molar-refractivity contribution in [2.45, 2.75) is 87.9 Å². The number of fused-ring (bicyclic) bond motifs is 3. The lowest BCUT2D eigenvalue weighted by molar-refractivity contribution is -0.00528. The zero-order valence-electron chi connectivity index (χ0n) is 26.9. The molecule has 0 saturated heterocycles. The molecule has 46 heavy (non-hydrogen) atoms. The third-order valence-corrected chi connectivity index (χ3v) is 14.5. The summed E-state index contributed by atoms with van der Waals surface area (Å²) in [5.41, 5.74) is 10.3. The highest BCUT2D eigenvalue weighted by Crippen LogP contribution is 2.62. The molecule has 4 aromatic carbocycles. The van der Waals surface area contributed by atoms with Crippen molar-refractivity contribution >= 4 is 33.4 Å². The van der Waals surface area contributed by atoms with Gasteiger partial charge in [-0.3, -0.25) is 0 Å². The Morgan fingerprint density at radius 1 is 0.478 bits per heavy atom. The van der Waals surface area contributed by atoms with E-state index in [0.717, 1.165) is 46.2 Å². The van der Waals surface area contributed by atoms with Crippen LogP contribution in [0.1, 0.15) is 88.2 Å². The third kappa shape index (κ3) is 3.94. The summed E-state index contributed by atoms with van der Waals surface area (Å²) in [5.74, 6) is 5.72. The fourth-order valence-corrected chi connectivity index (χ4v) is 13.6. The molecule has 1 nitrogen and oxygen atoms in total. The molecule has 0 aliphatic heterocycles. The first-order valence-electron chi connectivity index (χ1n) is 18.4. The highest BCUT2D eigenvalue weighted by molar-refractivity contribution is 6.31. The summed E-state index contributed by atoms with van der Waals surface area (Å²) in [6.07, 6.45) is 17.4. The molecule has 0 N–H and O–H groups in total. The molecular formula is C44H44ClN. The molecule has 232 valence electrons. The summed E-state index contributed by atoms with van der Waals surface area (Å²) >= 11 is 6.91. The van der Waals surface area contributed by atoms with Crippen LogP contribution < -0.4 is 0 Å². The Hall–Kier alpha value is -3.03. The monoisotopic (exact) mass is 621 g/mol. The van der Waals surface area contributed by atoms with E-state index in [1.165, 1.54) is 110 Å². The minimum Gasteiger partial charge on any atom is -0.309 e. The zero-order chi connectivity index (χ0) is 30.2. The van der Waals surface area contributed by atoms with Crippen molar-refractivity contribution in [3.63, 3.8) is 0 Å². The standard InChI is InChI=1S/C44H44ClN/c45-37-16-34(33-4-2-1-3-5-33)17-38(20-37)46-41-8-6-35(43-21-27-10-28(22-43)12-29(11-27)23-43)18-39(41)40-19-36(7-9-42(40)46)44-24-30-13-31(25-44)15-32(14-30)26-44/h1-9,16-20,27-32H,10-15,21-26H2. The highest BCUT2D eigenvalue weighted by Gasteiger charge is 2.53. The Morgan fingerprint density at radius 3 is 1.39 bits per heavy atom. The number of benzene rings is 4. The van der Waals surface area contributed by atoms with E-state index in [1.54, 1.807) is 11.1 Å². The van der Waals surface area contributed by atoms with Crippen LogP contribution in [0.2, 0.25) is 5.02 Å². The molecule has 0 amide bonds. The van der Waals surface area contributed by atoms with Gasteiger partial charge in [0.2, 0.25) is 0 Å². The van der Waals surface area contributed by atoms with Crippen LogP contribution in [-0.4, -0.2) is 4.57 Å². The lowest BCUT2D eigenvalue weighted by Gasteiger charge is -2.57. The first-order valence-corrected chi connectivity index (χ1v) is 18.8. The quantitative estimate of drug-likeness (QED) is 0.188. The maximum atomic E-state index is 6.91. The van der Waals surface area contributed by atoms with Gasteiger partial charge in [-0.2, -0.15) is 0 Å². The van der Waals surface area contributed by atoms with Gasteiger partial charge in [0.25, 0.3) is 0 Å². The summed E-state index contributed by atoms with van der Waals surface area (Å²) in [6, 6.07) is 32.7. The molecule has 0 atom stereocenters.